The fraction of sp³-hybridized carbons (Fsp3) is 0.727. The maximum Gasteiger partial charge on any atom is 0.194 e. The normalized spacial score (nSPS) is 15.9. The van der Waals surface area contributed by atoms with Crippen LogP contribution in [-0.4, -0.2) is 11.5 Å². The second-order valence-electron chi connectivity index (χ2n) is 4.34. The summed E-state index contributed by atoms with van der Waals surface area (Å²) in [6.07, 6.45) is 3.13. The molecule has 78 valence electrons. The molecular weight excluding hydrogens is 176 g/mol. The summed E-state index contributed by atoms with van der Waals surface area (Å²) in [4.78, 5) is 4.49. The topological polar surface area (TPSA) is 38.1 Å². The highest BCUT2D eigenvalue weighted by molar-refractivity contribution is 5.13. The lowest BCUT2D eigenvalue weighted by atomic mass is 10.1. The van der Waals surface area contributed by atoms with Crippen LogP contribution < -0.4 is 5.32 Å². The highest BCUT2D eigenvalue weighted by Crippen LogP contribution is 2.17. The molecule has 1 aromatic heterocycles. The van der Waals surface area contributed by atoms with E-state index in [1.54, 1.807) is 0 Å². The van der Waals surface area contributed by atoms with E-state index in [-0.39, 0.29) is 0 Å². The second-order valence-corrected chi connectivity index (χ2v) is 4.34. The molecular formula is C11H18N2O. The molecule has 3 heteroatoms. The van der Waals surface area contributed by atoms with Gasteiger partial charge in [-0.25, -0.2) is 4.98 Å². The zero-order valence-corrected chi connectivity index (χ0v) is 8.97. The standard InChI is InChI=1S/C11H18N2O/c1-8(2)3-4-11-13-9-7-12-6-5-10(9)14-11/h8,12H,3-7H2,1-2H3. The van der Waals surface area contributed by atoms with Gasteiger partial charge < -0.3 is 9.73 Å². The summed E-state index contributed by atoms with van der Waals surface area (Å²) in [6.45, 7) is 6.35. The zero-order chi connectivity index (χ0) is 9.97. The first-order chi connectivity index (χ1) is 6.75. The van der Waals surface area contributed by atoms with E-state index in [1.165, 1.54) is 0 Å². The molecule has 3 nitrogen and oxygen atoms in total. The molecule has 0 radical (unpaired) electrons. The van der Waals surface area contributed by atoms with Crippen molar-refractivity contribution < 1.29 is 4.42 Å². The van der Waals surface area contributed by atoms with Gasteiger partial charge in [-0.2, -0.15) is 0 Å². The van der Waals surface area contributed by atoms with E-state index in [4.69, 9.17) is 4.42 Å². The molecule has 0 unspecified atom stereocenters. The fourth-order valence-corrected chi connectivity index (χ4v) is 1.70. The molecule has 0 saturated heterocycles. The Balaban J connectivity index is 2.01. The number of nitrogens with one attached hydrogen (secondary N) is 1. The Kier molecular flexibility index (Phi) is 2.87. The molecule has 2 heterocycles. The van der Waals surface area contributed by atoms with E-state index in [0.29, 0.717) is 0 Å². The predicted octanol–water partition coefficient (Wildman–Crippen LogP) is 1.91. The second kappa shape index (κ2) is 4.13. The van der Waals surface area contributed by atoms with Crippen molar-refractivity contribution in [3.05, 3.63) is 17.3 Å². The van der Waals surface area contributed by atoms with Crippen LogP contribution >= 0.6 is 0 Å². The quantitative estimate of drug-likeness (QED) is 0.798. The highest BCUT2D eigenvalue weighted by atomic mass is 16.4. The minimum atomic E-state index is 0.719. The number of oxazole rings is 1. The van der Waals surface area contributed by atoms with Crippen LogP contribution in [0.25, 0.3) is 0 Å². The van der Waals surface area contributed by atoms with Crippen LogP contribution in [0.3, 0.4) is 0 Å². The van der Waals surface area contributed by atoms with Gasteiger partial charge in [0, 0.05) is 25.9 Å². The molecule has 2 rings (SSSR count). The average Bonchev–Trinajstić information content (AvgIpc) is 2.57. The van der Waals surface area contributed by atoms with Gasteiger partial charge in [-0.1, -0.05) is 13.8 Å². The molecule has 0 bridgehead atoms. The van der Waals surface area contributed by atoms with Crippen molar-refractivity contribution >= 4 is 0 Å². The molecule has 0 atom stereocenters. The Morgan fingerprint density at radius 3 is 3.07 bits per heavy atom. The number of aryl methyl sites for hydroxylation is 1. The summed E-state index contributed by atoms with van der Waals surface area (Å²) in [7, 11) is 0. The van der Waals surface area contributed by atoms with Gasteiger partial charge in [-0.3, -0.25) is 0 Å². The number of hydrogen-bond donors (Lipinski definition) is 1. The summed E-state index contributed by atoms with van der Waals surface area (Å²) in [5.74, 6) is 2.74. The van der Waals surface area contributed by atoms with Crippen molar-refractivity contribution in [2.45, 2.75) is 39.7 Å². The van der Waals surface area contributed by atoms with Gasteiger partial charge in [0.1, 0.15) is 5.76 Å². The summed E-state index contributed by atoms with van der Waals surface area (Å²) in [5, 5.41) is 3.30. The monoisotopic (exact) mass is 194 g/mol. The van der Waals surface area contributed by atoms with Gasteiger partial charge in [0.25, 0.3) is 0 Å². The SMILES string of the molecule is CC(C)CCc1nc2c(o1)CCNC2. The summed E-state index contributed by atoms with van der Waals surface area (Å²) >= 11 is 0. The van der Waals surface area contributed by atoms with Gasteiger partial charge in [0.15, 0.2) is 5.89 Å². The molecule has 1 aliphatic heterocycles. The smallest absolute Gasteiger partial charge is 0.194 e. The van der Waals surface area contributed by atoms with Crippen molar-refractivity contribution in [2.24, 2.45) is 5.92 Å². The molecule has 1 aromatic rings. The predicted molar refractivity (Wildman–Crippen MR) is 55.1 cm³/mol. The van der Waals surface area contributed by atoms with Crippen molar-refractivity contribution in [1.29, 1.82) is 0 Å². The van der Waals surface area contributed by atoms with Crippen LogP contribution in [0.15, 0.2) is 4.42 Å². The van der Waals surface area contributed by atoms with Gasteiger partial charge in [-0.05, 0) is 12.3 Å². The molecule has 0 aromatic carbocycles. The summed E-state index contributed by atoms with van der Waals surface area (Å²) in [6, 6.07) is 0. The van der Waals surface area contributed by atoms with Crippen LogP contribution in [0.2, 0.25) is 0 Å². The lowest BCUT2D eigenvalue weighted by molar-refractivity contribution is 0.422. The fourth-order valence-electron chi connectivity index (χ4n) is 1.70. The molecule has 0 fully saturated rings. The van der Waals surface area contributed by atoms with Crippen LogP contribution in [0.1, 0.15) is 37.6 Å². The van der Waals surface area contributed by atoms with E-state index in [9.17, 15) is 0 Å². The Hall–Kier alpha value is -0.830. The van der Waals surface area contributed by atoms with E-state index in [2.05, 4.69) is 24.1 Å². The van der Waals surface area contributed by atoms with Crippen molar-refractivity contribution in [3.8, 4) is 0 Å². The van der Waals surface area contributed by atoms with E-state index < -0.39 is 0 Å². The Morgan fingerprint density at radius 2 is 2.36 bits per heavy atom. The molecule has 1 aliphatic rings. The van der Waals surface area contributed by atoms with Gasteiger partial charge in [0.2, 0.25) is 0 Å². The molecule has 14 heavy (non-hydrogen) atoms. The number of aromatic nitrogens is 1. The van der Waals surface area contributed by atoms with Crippen molar-refractivity contribution in [2.75, 3.05) is 6.54 Å². The number of hydrogen-bond acceptors (Lipinski definition) is 3. The maximum absolute atomic E-state index is 5.71. The molecule has 0 amide bonds. The van der Waals surface area contributed by atoms with Gasteiger partial charge in [0.05, 0.1) is 5.69 Å². The van der Waals surface area contributed by atoms with Gasteiger partial charge in [-0.15, -0.1) is 0 Å². The molecule has 0 saturated carbocycles. The average molecular weight is 194 g/mol. The van der Waals surface area contributed by atoms with E-state index in [1.807, 2.05) is 0 Å². The third kappa shape index (κ3) is 2.15. The lowest BCUT2D eigenvalue weighted by Gasteiger charge is -2.08. The van der Waals surface area contributed by atoms with Crippen LogP contribution in [0.5, 0.6) is 0 Å². The Labute approximate surface area is 84.9 Å². The molecule has 0 aliphatic carbocycles. The summed E-state index contributed by atoms with van der Waals surface area (Å²) < 4.78 is 5.71. The largest absolute Gasteiger partial charge is 0.445 e. The van der Waals surface area contributed by atoms with Crippen molar-refractivity contribution in [3.63, 3.8) is 0 Å². The first kappa shape index (κ1) is 9.71. The third-order valence-electron chi connectivity index (χ3n) is 2.58. The number of fused-ring (bicyclic) bond motifs is 1. The Bertz CT molecular complexity index is 281. The van der Waals surface area contributed by atoms with Crippen molar-refractivity contribution in [1.82, 2.24) is 10.3 Å². The maximum atomic E-state index is 5.71. The Morgan fingerprint density at radius 1 is 1.50 bits per heavy atom. The first-order valence-corrected chi connectivity index (χ1v) is 5.44. The van der Waals surface area contributed by atoms with Gasteiger partial charge >= 0.3 is 0 Å². The minimum Gasteiger partial charge on any atom is -0.445 e. The van der Waals surface area contributed by atoms with Crippen LogP contribution in [-0.2, 0) is 19.4 Å². The zero-order valence-electron chi connectivity index (χ0n) is 8.97. The summed E-state index contributed by atoms with van der Waals surface area (Å²) in [5.41, 5.74) is 1.12. The first-order valence-electron chi connectivity index (χ1n) is 5.44. The van der Waals surface area contributed by atoms with Crippen LogP contribution in [0, 0.1) is 5.92 Å². The van der Waals surface area contributed by atoms with E-state index in [0.717, 1.165) is 55.6 Å². The number of rotatable bonds is 3. The minimum absolute atomic E-state index is 0.719. The lowest BCUT2D eigenvalue weighted by Crippen LogP contribution is -2.22. The molecule has 0 spiro atoms. The van der Waals surface area contributed by atoms with E-state index >= 15 is 0 Å². The highest BCUT2D eigenvalue weighted by Gasteiger charge is 2.16. The van der Waals surface area contributed by atoms with Crippen LogP contribution in [0.4, 0.5) is 0 Å². The molecule has 1 N–H and O–H groups in total. The third-order valence-corrected chi connectivity index (χ3v) is 2.58. The number of nitrogens with zero attached hydrogens (tertiary/aromatic N) is 1.